The Hall–Kier alpha value is -1.34. The number of likely N-dealkylation sites (N-methyl/N-ethyl adjacent to an activating group) is 1. The van der Waals surface area contributed by atoms with E-state index in [1.165, 1.54) is 11.9 Å². The van der Waals surface area contributed by atoms with Gasteiger partial charge in [-0.15, -0.1) is 0 Å². The maximum Gasteiger partial charge on any atom is 0.326 e. The van der Waals surface area contributed by atoms with Crippen LogP contribution in [0.5, 0.6) is 0 Å². The van der Waals surface area contributed by atoms with E-state index >= 15 is 0 Å². The smallest absolute Gasteiger partial charge is 0.326 e. The average molecular weight is 290 g/mol. The minimum Gasteiger partial charge on any atom is -0.480 e. The number of urea groups is 1. The van der Waals surface area contributed by atoms with Crippen LogP contribution in [0, 0.1) is 0 Å². The predicted octanol–water partition coefficient (Wildman–Crippen LogP) is 0.886. The Labute approximate surface area is 120 Å². The van der Waals surface area contributed by atoms with Gasteiger partial charge in [-0.2, -0.15) is 0 Å². The van der Waals surface area contributed by atoms with Crippen LogP contribution in [0.25, 0.3) is 0 Å². The Morgan fingerprint density at radius 3 is 2.20 bits per heavy atom. The van der Waals surface area contributed by atoms with Gasteiger partial charge in [-0.1, -0.05) is 6.92 Å². The number of rotatable bonds is 10. The normalized spacial score (nSPS) is 12.0. The Balaban J connectivity index is 4.68. The number of hydrogen-bond donors (Lipinski definition) is 1. The standard InChI is InChI=1S/C13H26N2O5/c1-5-11(12(16)17)14(2)13(18)15(8-10-20-4)7-6-9-19-3/h11H,5-10H2,1-4H3,(H,16,17). The summed E-state index contributed by atoms with van der Waals surface area (Å²) >= 11 is 0. The summed E-state index contributed by atoms with van der Waals surface area (Å²) in [6.07, 6.45) is 1.07. The number of carboxylic acids is 1. The number of carbonyl (C=O) groups is 2. The molecular weight excluding hydrogens is 264 g/mol. The zero-order valence-electron chi connectivity index (χ0n) is 12.8. The number of carbonyl (C=O) groups excluding carboxylic acids is 1. The van der Waals surface area contributed by atoms with Crippen molar-refractivity contribution in [3.05, 3.63) is 0 Å². The second kappa shape index (κ2) is 10.4. The average Bonchev–Trinajstić information content (AvgIpc) is 2.42. The van der Waals surface area contributed by atoms with Crippen LogP contribution in [-0.2, 0) is 14.3 Å². The molecule has 0 bridgehead atoms. The van der Waals surface area contributed by atoms with Gasteiger partial charge in [0.25, 0.3) is 0 Å². The molecule has 0 saturated heterocycles. The van der Waals surface area contributed by atoms with Crippen LogP contribution in [0.3, 0.4) is 0 Å². The van der Waals surface area contributed by atoms with Gasteiger partial charge in [-0.05, 0) is 12.8 Å². The van der Waals surface area contributed by atoms with Crippen molar-refractivity contribution >= 4 is 12.0 Å². The number of amides is 2. The number of methoxy groups -OCH3 is 2. The zero-order valence-corrected chi connectivity index (χ0v) is 12.8. The molecule has 0 heterocycles. The first kappa shape index (κ1) is 18.7. The van der Waals surface area contributed by atoms with Gasteiger partial charge in [0.15, 0.2) is 0 Å². The third-order valence-electron chi connectivity index (χ3n) is 3.05. The fourth-order valence-electron chi connectivity index (χ4n) is 1.87. The summed E-state index contributed by atoms with van der Waals surface area (Å²) in [6.45, 7) is 3.65. The van der Waals surface area contributed by atoms with Crippen molar-refractivity contribution in [3.8, 4) is 0 Å². The number of carboxylic acid groups (broad SMARTS) is 1. The van der Waals surface area contributed by atoms with E-state index in [2.05, 4.69) is 0 Å². The van der Waals surface area contributed by atoms with Crippen molar-refractivity contribution in [3.63, 3.8) is 0 Å². The first-order valence-electron chi connectivity index (χ1n) is 6.71. The molecule has 0 rings (SSSR count). The van der Waals surface area contributed by atoms with Gasteiger partial charge >= 0.3 is 12.0 Å². The van der Waals surface area contributed by atoms with Crippen LogP contribution in [0.1, 0.15) is 19.8 Å². The first-order chi connectivity index (χ1) is 9.49. The zero-order chi connectivity index (χ0) is 15.5. The molecule has 0 aliphatic heterocycles. The molecule has 0 saturated carbocycles. The summed E-state index contributed by atoms with van der Waals surface area (Å²) in [6, 6.07) is -1.11. The topological polar surface area (TPSA) is 79.3 Å². The van der Waals surface area contributed by atoms with Gasteiger partial charge in [0.2, 0.25) is 0 Å². The highest BCUT2D eigenvalue weighted by atomic mass is 16.5. The molecule has 0 aliphatic rings. The third kappa shape index (κ3) is 6.21. The molecule has 0 radical (unpaired) electrons. The molecule has 0 aromatic heterocycles. The summed E-state index contributed by atoms with van der Waals surface area (Å²) in [5, 5.41) is 9.11. The van der Waals surface area contributed by atoms with Gasteiger partial charge in [0.05, 0.1) is 6.61 Å². The number of ether oxygens (including phenoxy) is 2. The molecule has 0 fully saturated rings. The van der Waals surface area contributed by atoms with Crippen molar-refractivity contribution in [1.82, 2.24) is 9.80 Å². The Kier molecular flexibility index (Phi) is 9.75. The second-order valence-corrected chi connectivity index (χ2v) is 4.48. The van der Waals surface area contributed by atoms with E-state index in [1.54, 1.807) is 26.0 Å². The Morgan fingerprint density at radius 2 is 1.75 bits per heavy atom. The molecule has 7 nitrogen and oxygen atoms in total. The van der Waals surface area contributed by atoms with Gasteiger partial charge in [-0.3, -0.25) is 0 Å². The van der Waals surface area contributed by atoms with E-state index in [4.69, 9.17) is 14.6 Å². The van der Waals surface area contributed by atoms with E-state index in [1.807, 2.05) is 0 Å². The molecule has 0 aromatic rings. The predicted molar refractivity (Wildman–Crippen MR) is 74.8 cm³/mol. The molecule has 118 valence electrons. The highest BCUT2D eigenvalue weighted by molar-refractivity contribution is 5.82. The molecule has 0 spiro atoms. The molecule has 7 heteroatoms. The molecule has 0 aliphatic carbocycles. The van der Waals surface area contributed by atoms with Crippen molar-refractivity contribution in [1.29, 1.82) is 0 Å². The molecule has 0 aromatic carbocycles. The minimum absolute atomic E-state index is 0.299. The lowest BCUT2D eigenvalue weighted by atomic mass is 10.2. The quantitative estimate of drug-likeness (QED) is 0.604. The van der Waals surface area contributed by atoms with Crippen molar-refractivity contribution in [2.24, 2.45) is 0 Å². The number of hydrogen-bond acceptors (Lipinski definition) is 4. The monoisotopic (exact) mass is 290 g/mol. The van der Waals surface area contributed by atoms with E-state index < -0.39 is 12.0 Å². The largest absolute Gasteiger partial charge is 0.480 e. The molecule has 1 N–H and O–H groups in total. The fraction of sp³-hybridized carbons (Fsp3) is 0.846. The van der Waals surface area contributed by atoms with Crippen LogP contribution < -0.4 is 0 Å². The van der Waals surface area contributed by atoms with Gasteiger partial charge < -0.3 is 24.4 Å². The van der Waals surface area contributed by atoms with Crippen molar-refractivity contribution in [2.75, 3.05) is 47.6 Å². The lowest BCUT2D eigenvalue weighted by Crippen LogP contribution is -2.50. The molecule has 1 atom stereocenters. The van der Waals surface area contributed by atoms with Crippen molar-refractivity contribution < 1.29 is 24.2 Å². The highest BCUT2D eigenvalue weighted by Crippen LogP contribution is 2.07. The van der Waals surface area contributed by atoms with E-state index in [0.29, 0.717) is 39.1 Å². The number of aliphatic carboxylic acids is 1. The van der Waals surface area contributed by atoms with Crippen LogP contribution in [0.4, 0.5) is 4.79 Å². The molecule has 1 unspecified atom stereocenters. The summed E-state index contributed by atoms with van der Waals surface area (Å²) in [7, 11) is 4.68. The Bertz CT molecular complexity index is 298. The Morgan fingerprint density at radius 1 is 1.15 bits per heavy atom. The summed E-state index contributed by atoms with van der Waals surface area (Å²) < 4.78 is 9.95. The van der Waals surface area contributed by atoms with Crippen LogP contribution in [0.2, 0.25) is 0 Å². The maximum absolute atomic E-state index is 12.3. The van der Waals surface area contributed by atoms with Crippen LogP contribution >= 0.6 is 0 Å². The van der Waals surface area contributed by atoms with Crippen LogP contribution in [0.15, 0.2) is 0 Å². The lowest BCUT2D eigenvalue weighted by Gasteiger charge is -2.31. The van der Waals surface area contributed by atoms with E-state index in [-0.39, 0.29) is 6.03 Å². The summed E-state index contributed by atoms with van der Waals surface area (Å²) in [4.78, 5) is 26.3. The summed E-state index contributed by atoms with van der Waals surface area (Å²) in [5.41, 5.74) is 0. The molecule has 20 heavy (non-hydrogen) atoms. The van der Waals surface area contributed by atoms with E-state index in [0.717, 1.165) is 0 Å². The lowest BCUT2D eigenvalue weighted by molar-refractivity contribution is -0.142. The van der Waals surface area contributed by atoms with Gasteiger partial charge in [0.1, 0.15) is 6.04 Å². The highest BCUT2D eigenvalue weighted by Gasteiger charge is 2.27. The fourth-order valence-corrected chi connectivity index (χ4v) is 1.87. The SMILES string of the molecule is CCC(C(=O)O)N(C)C(=O)N(CCCOC)CCOC. The maximum atomic E-state index is 12.3. The van der Waals surface area contributed by atoms with Gasteiger partial charge in [-0.25, -0.2) is 9.59 Å². The van der Waals surface area contributed by atoms with E-state index in [9.17, 15) is 9.59 Å². The first-order valence-corrected chi connectivity index (χ1v) is 6.71. The molecule has 2 amide bonds. The van der Waals surface area contributed by atoms with Crippen LogP contribution in [-0.4, -0.2) is 80.5 Å². The second-order valence-electron chi connectivity index (χ2n) is 4.48. The molecular formula is C13H26N2O5. The van der Waals surface area contributed by atoms with Gasteiger partial charge in [0, 0.05) is 41.0 Å². The third-order valence-corrected chi connectivity index (χ3v) is 3.05. The number of nitrogens with zero attached hydrogens (tertiary/aromatic N) is 2. The summed E-state index contributed by atoms with van der Waals surface area (Å²) in [5.74, 6) is -0.994. The minimum atomic E-state index is -0.994. The van der Waals surface area contributed by atoms with Crippen molar-refractivity contribution in [2.45, 2.75) is 25.8 Å².